The van der Waals surface area contributed by atoms with E-state index in [2.05, 4.69) is 20.6 Å². The van der Waals surface area contributed by atoms with Gasteiger partial charge in [-0.1, -0.05) is 29.3 Å². The lowest BCUT2D eigenvalue weighted by atomic mass is 10.3. The lowest BCUT2D eigenvalue weighted by molar-refractivity contribution is 0.0943. The van der Waals surface area contributed by atoms with E-state index in [0.29, 0.717) is 34.7 Å². The number of hydrogen-bond donors (Lipinski definition) is 2. The van der Waals surface area contributed by atoms with Crippen LogP contribution in [0.5, 0.6) is 0 Å². The Morgan fingerprint density at radius 2 is 2.09 bits per heavy atom. The van der Waals surface area contributed by atoms with E-state index < -0.39 is 0 Å². The van der Waals surface area contributed by atoms with Gasteiger partial charge in [-0.2, -0.15) is 0 Å². The van der Waals surface area contributed by atoms with Crippen LogP contribution in [0.3, 0.4) is 0 Å². The fourth-order valence-electron chi connectivity index (χ4n) is 1.76. The smallest absolute Gasteiger partial charge is 0.271 e. The van der Waals surface area contributed by atoms with Gasteiger partial charge in [-0.05, 0) is 18.6 Å². The van der Waals surface area contributed by atoms with Gasteiger partial charge in [0.05, 0.1) is 28.1 Å². The summed E-state index contributed by atoms with van der Waals surface area (Å²) in [5.41, 5.74) is 0.857. The normalized spacial score (nSPS) is 10.4. The van der Waals surface area contributed by atoms with Gasteiger partial charge in [0.25, 0.3) is 5.91 Å². The molecule has 2 N–H and O–H groups in total. The molecule has 0 saturated heterocycles. The molecule has 6 nitrogen and oxygen atoms in total. The van der Waals surface area contributed by atoms with Gasteiger partial charge >= 0.3 is 0 Å². The molecule has 0 saturated carbocycles. The molecule has 8 heteroatoms. The molecule has 1 heterocycles. The average molecular weight is 355 g/mol. The zero-order valence-electron chi connectivity index (χ0n) is 12.5. The number of halogens is 2. The largest absolute Gasteiger partial charge is 0.385 e. The maximum atomic E-state index is 11.9. The summed E-state index contributed by atoms with van der Waals surface area (Å²) in [6.45, 7) is 1.11. The van der Waals surface area contributed by atoms with Crippen molar-refractivity contribution in [2.45, 2.75) is 6.42 Å². The second kappa shape index (κ2) is 8.67. The van der Waals surface area contributed by atoms with Crippen LogP contribution in [0.4, 0.5) is 11.5 Å². The summed E-state index contributed by atoms with van der Waals surface area (Å²) >= 11 is 12.0. The van der Waals surface area contributed by atoms with Gasteiger partial charge in [-0.3, -0.25) is 4.79 Å². The number of aromatic nitrogens is 2. The number of rotatable bonds is 7. The van der Waals surface area contributed by atoms with Gasteiger partial charge in [-0.15, -0.1) is 0 Å². The Morgan fingerprint density at radius 3 is 2.78 bits per heavy atom. The van der Waals surface area contributed by atoms with Crippen molar-refractivity contribution < 1.29 is 9.53 Å². The van der Waals surface area contributed by atoms with Crippen molar-refractivity contribution in [3.8, 4) is 0 Å². The van der Waals surface area contributed by atoms with Gasteiger partial charge in [-0.25, -0.2) is 9.97 Å². The number of nitrogens with one attached hydrogen (secondary N) is 2. The minimum atomic E-state index is -0.277. The minimum absolute atomic E-state index is 0.241. The first-order chi connectivity index (χ1) is 11.1. The fourth-order valence-corrected chi connectivity index (χ4v) is 2.10. The van der Waals surface area contributed by atoms with Crippen LogP contribution in [-0.2, 0) is 4.74 Å². The quantitative estimate of drug-likeness (QED) is 0.746. The van der Waals surface area contributed by atoms with Crippen LogP contribution in [-0.4, -0.2) is 36.1 Å². The topological polar surface area (TPSA) is 76.1 Å². The highest BCUT2D eigenvalue weighted by molar-refractivity contribution is 6.43. The molecule has 1 amide bonds. The summed E-state index contributed by atoms with van der Waals surface area (Å²) in [6, 6.07) is 5.23. The highest BCUT2D eigenvalue weighted by Gasteiger charge is 2.09. The number of methoxy groups -OCH3 is 1. The molecule has 0 fully saturated rings. The molecule has 0 spiro atoms. The standard InChI is InChI=1S/C15H16Cl2N4O2/c1-23-7-3-6-18-15(22)12-8-20-13(9-19-12)21-11-5-2-4-10(16)14(11)17/h2,4-5,8-9H,3,6-7H2,1H3,(H,18,22)(H,20,21). The van der Waals surface area contributed by atoms with Gasteiger partial charge in [0, 0.05) is 20.3 Å². The number of hydrogen-bond acceptors (Lipinski definition) is 5. The number of carbonyl (C=O) groups excluding carboxylic acids is 1. The van der Waals surface area contributed by atoms with Crippen molar-refractivity contribution in [1.29, 1.82) is 0 Å². The van der Waals surface area contributed by atoms with Gasteiger partial charge in [0.1, 0.15) is 11.5 Å². The lowest BCUT2D eigenvalue weighted by Crippen LogP contribution is -2.26. The van der Waals surface area contributed by atoms with Crippen LogP contribution in [0, 0.1) is 0 Å². The average Bonchev–Trinajstić information content (AvgIpc) is 2.56. The molecular weight excluding hydrogens is 339 g/mol. The SMILES string of the molecule is COCCCNC(=O)c1cnc(Nc2cccc(Cl)c2Cl)cn1. The van der Waals surface area contributed by atoms with Gasteiger partial charge in [0.15, 0.2) is 0 Å². The zero-order valence-corrected chi connectivity index (χ0v) is 14.0. The molecule has 0 aliphatic carbocycles. The van der Waals surface area contributed by atoms with Crippen LogP contribution >= 0.6 is 23.2 Å². The van der Waals surface area contributed by atoms with Crippen molar-refractivity contribution in [3.05, 3.63) is 46.3 Å². The molecule has 0 atom stereocenters. The van der Waals surface area contributed by atoms with Crippen LogP contribution in [0.1, 0.15) is 16.9 Å². The molecule has 0 aliphatic rings. The second-order valence-corrected chi connectivity index (χ2v) is 5.40. The third-order valence-corrected chi connectivity index (χ3v) is 3.73. The first-order valence-corrected chi connectivity index (χ1v) is 7.67. The highest BCUT2D eigenvalue weighted by atomic mass is 35.5. The van der Waals surface area contributed by atoms with Gasteiger partial charge < -0.3 is 15.4 Å². The molecule has 1 aromatic heterocycles. The maximum absolute atomic E-state index is 11.9. The molecule has 1 aromatic carbocycles. The predicted octanol–water partition coefficient (Wildman–Crippen LogP) is 3.29. The number of nitrogens with zero attached hydrogens (tertiary/aromatic N) is 2. The summed E-state index contributed by atoms with van der Waals surface area (Å²) < 4.78 is 4.91. The summed E-state index contributed by atoms with van der Waals surface area (Å²) in [6.07, 6.45) is 3.59. The van der Waals surface area contributed by atoms with Gasteiger partial charge in [0.2, 0.25) is 0 Å². The van der Waals surface area contributed by atoms with E-state index in [1.165, 1.54) is 12.4 Å². The van der Waals surface area contributed by atoms with E-state index in [-0.39, 0.29) is 11.6 Å². The Bertz CT molecular complexity index is 665. The van der Waals surface area contributed by atoms with E-state index in [9.17, 15) is 4.79 Å². The first-order valence-electron chi connectivity index (χ1n) is 6.92. The van der Waals surface area contributed by atoms with E-state index >= 15 is 0 Å². The predicted molar refractivity (Wildman–Crippen MR) is 90.6 cm³/mol. The fraction of sp³-hybridized carbons (Fsp3) is 0.267. The van der Waals surface area contributed by atoms with Crippen molar-refractivity contribution in [1.82, 2.24) is 15.3 Å². The zero-order chi connectivity index (χ0) is 16.7. The Labute approximate surface area is 144 Å². The molecule has 0 unspecified atom stereocenters. The van der Waals surface area contributed by atoms with Crippen LogP contribution in [0.2, 0.25) is 10.0 Å². The van der Waals surface area contributed by atoms with Crippen molar-refractivity contribution >= 4 is 40.6 Å². The van der Waals surface area contributed by atoms with E-state index in [1.54, 1.807) is 25.3 Å². The van der Waals surface area contributed by atoms with Crippen molar-refractivity contribution in [3.63, 3.8) is 0 Å². The maximum Gasteiger partial charge on any atom is 0.271 e. The van der Waals surface area contributed by atoms with E-state index in [4.69, 9.17) is 27.9 Å². The number of amides is 1. The third-order valence-electron chi connectivity index (χ3n) is 2.91. The Balaban J connectivity index is 1.96. The molecule has 2 rings (SSSR count). The van der Waals surface area contributed by atoms with Crippen LogP contribution in [0.25, 0.3) is 0 Å². The Hall–Kier alpha value is -1.89. The Kier molecular flexibility index (Phi) is 6.58. The van der Waals surface area contributed by atoms with Crippen LogP contribution in [0.15, 0.2) is 30.6 Å². The van der Waals surface area contributed by atoms with Crippen molar-refractivity contribution in [2.24, 2.45) is 0 Å². The second-order valence-electron chi connectivity index (χ2n) is 4.62. The molecule has 2 aromatic rings. The molecule has 0 radical (unpaired) electrons. The molecule has 122 valence electrons. The highest BCUT2D eigenvalue weighted by Crippen LogP contribution is 2.30. The van der Waals surface area contributed by atoms with Crippen molar-refractivity contribution in [2.75, 3.05) is 25.6 Å². The molecule has 0 aliphatic heterocycles. The number of carbonyl (C=O) groups is 1. The third kappa shape index (κ3) is 5.06. The number of benzene rings is 1. The molecule has 23 heavy (non-hydrogen) atoms. The summed E-state index contributed by atoms with van der Waals surface area (Å²) in [5.74, 6) is 0.186. The summed E-state index contributed by atoms with van der Waals surface area (Å²) in [7, 11) is 1.62. The van der Waals surface area contributed by atoms with Crippen LogP contribution < -0.4 is 10.6 Å². The monoisotopic (exact) mass is 354 g/mol. The lowest BCUT2D eigenvalue weighted by Gasteiger charge is -2.09. The Morgan fingerprint density at radius 1 is 1.26 bits per heavy atom. The number of anilines is 2. The summed E-state index contributed by atoms with van der Waals surface area (Å²) in [4.78, 5) is 20.1. The first kappa shape index (κ1) is 17.5. The van der Waals surface area contributed by atoms with E-state index in [1.807, 2.05) is 0 Å². The number of ether oxygens (including phenoxy) is 1. The van der Waals surface area contributed by atoms with E-state index in [0.717, 1.165) is 6.42 Å². The molecular formula is C15H16Cl2N4O2. The molecule has 0 bridgehead atoms. The summed E-state index contributed by atoms with van der Waals surface area (Å²) in [5, 5.41) is 6.58. The minimum Gasteiger partial charge on any atom is -0.385 e.